The number of aromatic nitrogens is 3. The number of benzene rings is 2. The lowest BCUT2D eigenvalue weighted by molar-refractivity contribution is 0.103. The number of pyridine rings is 1. The summed E-state index contributed by atoms with van der Waals surface area (Å²) in [6.45, 7) is 2.42. The molecule has 4 aromatic rings. The Balaban J connectivity index is 1.20. The third-order valence-corrected chi connectivity index (χ3v) is 7.35. The summed E-state index contributed by atoms with van der Waals surface area (Å²) < 4.78 is 6.18. The molecule has 1 N–H and O–H groups in total. The van der Waals surface area contributed by atoms with E-state index in [2.05, 4.69) is 27.9 Å². The molecular formula is C27H25N3O2. The third-order valence-electron chi connectivity index (χ3n) is 7.35. The fourth-order valence-corrected chi connectivity index (χ4v) is 5.21. The van der Waals surface area contributed by atoms with E-state index in [0.717, 1.165) is 17.0 Å². The molecule has 0 radical (unpaired) electrons. The molecule has 0 bridgehead atoms. The van der Waals surface area contributed by atoms with Crippen LogP contribution in [0.2, 0.25) is 0 Å². The van der Waals surface area contributed by atoms with E-state index >= 15 is 0 Å². The first-order chi connectivity index (χ1) is 15.6. The second-order valence-electron chi connectivity index (χ2n) is 9.48. The van der Waals surface area contributed by atoms with E-state index in [9.17, 15) is 4.79 Å². The fourth-order valence-electron chi connectivity index (χ4n) is 5.21. The number of carbonyl (C=O) groups excluding carboxylic acids is 1. The Morgan fingerprint density at radius 3 is 2.75 bits per heavy atom. The van der Waals surface area contributed by atoms with Crippen molar-refractivity contribution in [3.63, 3.8) is 0 Å². The normalized spacial score (nSPS) is 24.2. The number of ketones is 1. The largest absolute Gasteiger partial charge is 0.439 e. The van der Waals surface area contributed by atoms with E-state index < -0.39 is 0 Å². The van der Waals surface area contributed by atoms with Crippen LogP contribution in [-0.4, -0.2) is 20.7 Å². The molecular weight excluding hydrogens is 398 g/mol. The first-order valence-electron chi connectivity index (χ1n) is 11.3. The lowest BCUT2D eigenvalue weighted by atomic mass is 9.79. The van der Waals surface area contributed by atoms with Crippen molar-refractivity contribution in [3.05, 3.63) is 83.8 Å². The predicted molar refractivity (Wildman–Crippen MR) is 123 cm³/mol. The summed E-state index contributed by atoms with van der Waals surface area (Å²) in [5.41, 5.74) is 3.99. The Morgan fingerprint density at radius 1 is 1.09 bits per heavy atom. The zero-order chi connectivity index (χ0) is 21.7. The number of H-pyrrole nitrogens is 1. The quantitative estimate of drug-likeness (QED) is 0.384. The lowest BCUT2D eigenvalue weighted by Gasteiger charge is -2.26. The maximum absolute atomic E-state index is 12.9. The van der Waals surface area contributed by atoms with E-state index in [-0.39, 0.29) is 5.78 Å². The number of carbonyl (C=O) groups is 1. The van der Waals surface area contributed by atoms with Gasteiger partial charge in [0, 0.05) is 17.3 Å². The lowest BCUT2D eigenvalue weighted by Crippen LogP contribution is -2.13. The highest BCUT2D eigenvalue weighted by molar-refractivity contribution is 6.08. The minimum Gasteiger partial charge on any atom is -0.439 e. The highest BCUT2D eigenvalue weighted by Gasteiger charge is 2.53. The summed E-state index contributed by atoms with van der Waals surface area (Å²) in [7, 11) is 0. The Kier molecular flexibility index (Phi) is 4.39. The number of fused-ring (bicyclic) bond motifs is 2. The maximum atomic E-state index is 12.9. The van der Waals surface area contributed by atoms with Crippen molar-refractivity contribution in [2.24, 2.45) is 11.3 Å². The number of ether oxygens (including phenoxy) is 1. The van der Waals surface area contributed by atoms with Crippen molar-refractivity contribution >= 4 is 16.8 Å². The van der Waals surface area contributed by atoms with Crippen molar-refractivity contribution in [1.82, 2.24) is 15.0 Å². The van der Waals surface area contributed by atoms with Crippen LogP contribution < -0.4 is 4.74 Å². The van der Waals surface area contributed by atoms with Crippen LogP contribution in [0, 0.1) is 11.3 Å². The summed E-state index contributed by atoms with van der Waals surface area (Å²) in [6, 6.07) is 19.0. The smallest absolute Gasteiger partial charge is 0.228 e. The zero-order valence-electron chi connectivity index (χ0n) is 18.0. The van der Waals surface area contributed by atoms with Gasteiger partial charge in [-0.15, -0.1) is 0 Å². The predicted octanol–water partition coefficient (Wildman–Crippen LogP) is 6.27. The van der Waals surface area contributed by atoms with E-state index in [1.807, 2.05) is 42.5 Å². The van der Waals surface area contributed by atoms with Gasteiger partial charge in [-0.3, -0.25) is 4.79 Å². The van der Waals surface area contributed by atoms with Gasteiger partial charge in [0.1, 0.15) is 5.75 Å². The van der Waals surface area contributed by atoms with E-state index in [0.29, 0.717) is 34.4 Å². The third kappa shape index (κ3) is 3.38. The van der Waals surface area contributed by atoms with Crippen LogP contribution in [0.3, 0.4) is 0 Å². The van der Waals surface area contributed by atoms with Crippen molar-refractivity contribution in [2.75, 3.05) is 0 Å². The molecule has 2 saturated carbocycles. The first kappa shape index (κ1) is 19.2. The molecule has 2 fully saturated rings. The maximum Gasteiger partial charge on any atom is 0.228 e. The van der Waals surface area contributed by atoms with Crippen LogP contribution >= 0.6 is 0 Å². The molecule has 2 aliphatic carbocycles. The van der Waals surface area contributed by atoms with Crippen molar-refractivity contribution in [3.8, 4) is 11.6 Å². The average Bonchev–Trinajstić information content (AvgIpc) is 3.31. The van der Waals surface area contributed by atoms with Gasteiger partial charge < -0.3 is 9.72 Å². The molecule has 0 saturated heterocycles. The Morgan fingerprint density at radius 2 is 1.94 bits per heavy atom. The molecule has 0 aliphatic heterocycles. The number of rotatable bonds is 5. The molecule has 6 rings (SSSR count). The number of nitrogens with zero attached hydrogens (tertiary/aromatic N) is 2. The van der Waals surface area contributed by atoms with Gasteiger partial charge in [0.15, 0.2) is 5.82 Å². The number of para-hydroxylation sites is 2. The van der Waals surface area contributed by atoms with E-state index in [4.69, 9.17) is 4.74 Å². The molecule has 1 unspecified atom stereocenters. The van der Waals surface area contributed by atoms with Gasteiger partial charge in [0.2, 0.25) is 11.7 Å². The monoisotopic (exact) mass is 423 g/mol. The SMILES string of the molecule is C[C@]12CC[C@@H](c3cccnc3Oc3ccc(C(=O)c4nc5ccccc5[nH]4)cc3)CC1C2. The molecule has 2 aliphatic rings. The number of hydrogen-bond donors (Lipinski definition) is 1. The fraction of sp³-hybridized carbons (Fsp3) is 0.296. The molecule has 0 spiro atoms. The van der Waals surface area contributed by atoms with Crippen molar-refractivity contribution < 1.29 is 9.53 Å². The summed E-state index contributed by atoms with van der Waals surface area (Å²) in [4.78, 5) is 24.9. The first-order valence-corrected chi connectivity index (χ1v) is 11.3. The van der Waals surface area contributed by atoms with Crippen LogP contribution in [0.5, 0.6) is 11.6 Å². The second-order valence-corrected chi connectivity index (χ2v) is 9.48. The minimum absolute atomic E-state index is 0.138. The van der Waals surface area contributed by atoms with Crippen LogP contribution in [0.1, 0.15) is 60.3 Å². The summed E-state index contributed by atoms with van der Waals surface area (Å²) >= 11 is 0. The zero-order valence-corrected chi connectivity index (χ0v) is 18.0. The molecule has 2 aromatic heterocycles. The molecule has 2 heterocycles. The molecule has 3 atom stereocenters. The summed E-state index contributed by atoms with van der Waals surface area (Å²) in [6.07, 6.45) is 6.85. The van der Waals surface area contributed by atoms with Gasteiger partial charge in [-0.25, -0.2) is 9.97 Å². The molecule has 2 aromatic carbocycles. The van der Waals surface area contributed by atoms with Crippen LogP contribution in [0.25, 0.3) is 11.0 Å². The molecule has 5 heteroatoms. The highest BCUT2D eigenvalue weighted by Crippen LogP contribution is 2.64. The standard InChI is InChI=1S/C27H25N3O2/c1-27-13-12-18(15-19(27)16-27)21-5-4-14-28-26(21)32-20-10-8-17(9-11-20)24(31)25-29-22-6-2-3-7-23(22)30-25/h2-11,14,18-19H,12-13,15-16H2,1H3,(H,29,30)/t18-,19?,27-/m1/s1. The van der Waals surface area contributed by atoms with Gasteiger partial charge in [0.25, 0.3) is 0 Å². The van der Waals surface area contributed by atoms with Crippen LogP contribution in [-0.2, 0) is 0 Å². The van der Waals surface area contributed by atoms with Crippen molar-refractivity contribution in [2.45, 2.75) is 38.5 Å². The van der Waals surface area contributed by atoms with Crippen molar-refractivity contribution in [1.29, 1.82) is 0 Å². The van der Waals surface area contributed by atoms with Crippen LogP contribution in [0.15, 0.2) is 66.9 Å². The summed E-state index contributed by atoms with van der Waals surface area (Å²) in [5.74, 6) is 2.92. The van der Waals surface area contributed by atoms with Gasteiger partial charge in [-0.1, -0.05) is 25.1 Å². The molecule has 32 heavy (non-hydrogen) atoms. The highest BCUT2D eigenvalue weighted by atomic mass is 16.5. The molecule has 160 valence electrons. The minimum atomic E-state index is -0.138. The number of nitrogens with one attached hydrogen (secondary N) is 1. The van der Waals surface area contributed by atoms with E-state index in [1.165, 1.54) is 31.2 Å². The average molecular weight is 424 g/mol. The Hall–Kier alpha value is -3.47. The molecule has 5 nitrogen and oxygen atoms in total. The Bertz CT molecular complexity index is 1280. The summed E-state index contributed by atoms with van der Waals surface area (Å²) in [5, 5.41) is 0. The Labute approximate surface area is 186 Å². The van der Waals surface area contributed by atoms with Gasteiger partial charge >= 0.3 is 0 Å². The molecule has 0 amide bonds. The van der Waals surface area contributed by atoms with Crippen LogP contribution in [0.4, 0.5) is 0 Å². The van der Waals surface area contributed by atoms with Gasteiger partial charge in [-0.05, 0) is 85.4 Å². The van der Waals surface area contributed by atoms with Gasteiger partial charge in [-0.2, -0.15) is 0 Å². The van der Waals surface area contributed by atoms with Gasteiger partial charge in [0.05, 0.1) is 11.0 Å². The number of imidazole rings is 1. The van der Waals surface area contributed by atoms with E-state index in [1.54, 1.807) is 18.3 Å². The number of aromatic amines is 1. The second kappa shape index (κ2) is 7.30. The number of hydrogen-bond acceptors (Lipinski definition) is 4. The topological polar surface area (TPSA) is 67.9 Å².